The van der Waals surface area contributed by atoms with Crippen molar-refractivity contribution in [2.75, 3.05) is 37.3 Å². The SMILES string of the molecule is CS(=O)(=O)Nc1nc(CC(=O)N2CCOCC2CO)cs1. The van der Waals surface area contributed by atoms with Crippen LogP contribution < -0.4 is 4.72 Å². The molecule has 21 heavy (non-hydrogen) atoms. The molecule has 1 aliphatic heterocycles. The lowest BCUT2D eigenvalue weighted by Gasteiger charge is -2.34. The van der Waals surface area contributed by atoms with Crippen LogP contribution in [0.25, 0.3) is 0 Å². The predicted molar refractivity (Wildman–Crippen MR) is 77.7 cm³/mol. The Labute approximate surface area is 126 Å². The number of anilines is 1. The molecule has 1 unspecified atom stereocenters. The van der Waals surface area contributed by atoms with E-state index in [2.05, 4.69) is 9.71 Å². The number of morpholine rings is 1. The molecule has 1 atom stereocenters. The van der Waals surface area contributed by atoms with E-state index in [1.165, 1.54) is 0 Å². The van der Waals surface area contributed by atoms with Gasteiger partial charge in [0.25, 0.3) is 0 Å². The molecule has 0 aliphatic carbocycles. The zero-order valence-corrected chi connectivity index (χ0v) is 13.1. The topological polar surface area (TPSA) is 109 Å². The van der Waals surface area contributed by atoms with Gasteiger partial charge in [0.05, 0.1) is 44.2 Å². The van der Waals surface area contributed by atoms with Gasteiger partial charge in [-0.1, -0.05) is 0 Å². The summed E-state index contributed by atoms with van der Waals surface area (Å²) < 4.78 is 29.7. The van der Waals surface area contributed by atoms with Gasteiger partial charge in [-0.05, 0) is 0 Å². The Balaban J connectivity index is 1.99. The normalized spacial score (nSPS) is 19.5. The van der Waals surface area contributed by atoms with Crippen LogP contribution in [-0.2, 0) is 26.0 Å². The van der Waals surface area contributed by atoms with Gasteiger partial charge in [0.15, 0.2) is 5.13 Å². The number of carbonyl (C=O) groups excluding carboxylic acids is 1. The van der Waals surface area contributed by atoms with Crippen LogP contribution in [0.1, 0.15) is 5.69 Å². The Morgan fingerprint density at radius 1 is 1.67 bits per heavy atom. The van der Waals surface area contributed by atoms with Gasteiger partial charge in [-0.15, -0.1) is 11.3 Å². The number of hydrogen-bond donors (Lipinski definition) is 2. The fourth-order valence-electron chi connectivity index (χ4n) is 1.98. The van der Waals surface area contributed by atoms with E-state index in [9.17, 15) is 18.3 Å². The number of aliphatic hydroxyl groups excluding tert-OH is 1. The maximum atomic E-state index is 12.2. The van der Waals surface area contributed by atoms with Crippen LogP contribution in [0.5, 0.6) is 0 Å². The quantitative estimate of drug-likeness (QED) is 0.735. The minimum absolute atomic E-state index is 0.0679. The number of aromatic nitrogens is 1. The fourth-order valence-corrected chi connectivity index (χ4v) is 3.55. The van der Waals surface area contributed by atoms with Crippen LogP contribution in [0.3, 0.4) is 0 Å². The first kappa shape index (κ1) is 16.1. The second kappa shape index (κ2) is 6.69. The molecule has 2 heterocycles. The number of thiazole rings is 1. The molecule has 8 nitrogen and oxygen atoms in total. The largest absolute Gasteiger partial charge is 0.394 e. The number of nitrogens with zero attached hydrogens (tertiary/aromatic N) is 2. The Hall–Kier alpha value is -1.23. The number of carbonyl (C=O) groups is 1. The van der Waals surface area contributed by atoms with E-state index < -0.39 is 10.0 Å². The molecule has 118 valence electrons. The van der Waals surface area contributed by atoms with Crippen molar-refractivity contribution in [3.05, 3.63) is 11.1 Å². The Bertz CT molecular complexity index is 601. The van der Waals surface area contributed by atoms with Crippen molar-refractivity contribution in [2.24, 2.45) is 0 Å². The van der Waals surface area contributed by atoms with Crippen molar-refractivity contribution < 1.29 is 23.1 Å². The summed E-state index contributed by atoms with van der Waals surface area (Å²) in [6, 6.07) is -0.335. The van der Waals surface area contributed by atoms with Gasteiger partial charge in [-0.3, -0.25) is 9.52 Å². The summed E-state index contributed by atoms with van der Waals surface area (Å²) in [5, 5.41) is 11.1. The Kier molecular flexibility index (Phi) is 5.14. The highest BCUT2D eigenvalue weighted by Crippen LogP contribution is 2.18. The van der Waals surface area contributed by atoms with Gasteiger partial charge in [0.1, 0.15) is 0 Å². The average molecular weight is 335 g/mol. The number of aliphatic hydroxyl groups is 1. The van der Waals surface area contributed by atoms with E-state index >= 15 is 0 Å². The van der Waals surface area contributed by atoms with Gasteiger partial charge >= 0.3 is 0 Å². The van der Waals surface area contributed by atoms with Gasteiger partial charge < -0.3 is 14.7 Å². The number of sulfonamides is 1. The summed E-state index contributed by atoms with van der Waals surface area (Å²) in [6.45, 7) is 1.05. The van der Waals surface area contributed by atoms with E-state index in [0.717, 1.165) is 17.6 Å². The molecular weight excluding hydrogens is 318 g/mol. The lowest BCUT2D eigenvalue weighted by atomic mass is 10.2. The van der Waals surface area contributed by atoms with E-state index in [1.807, 2.05) is 0 Å². The maximum Gasteiger partial charge on any atom is 0.231 e. The molecule has 1 aromatic rings. The second-order valence-corrected chi connectivity index (χ2v) is 7.30. The molecule has 2 N–H and O–H groups in total. The molecule has 10 heteroatoms. The van der Waals surface area contributed by atoms with Crippen molar-refractivity contribution in [1.29, 1.82) is 0 Å². The molecule has 1 aliphatic rings. The first-order valence-electron chi connectivity index (χ1n) is 6.29. The molecule has 0 saturated carbocycles. The zero-order valence-electron chi connectivity index (χ0n) is 11.5. The minimum atomic E-state index is -3.37. The van der Waals surface area contributed by atoms with Gasteiger partial charge in [-0.25, -0.2) is 13.4 Å². The molecule has 1 amide bonds. The first-order valence-corrected chi connectivity index (χ1v) is 9.06. The predicted octanol–water partition coefficient (Wildman–Crippen LogP) is -0.723. The van der Waals surface area contributed by atoms with Crippen LogP contribution in [-0.4, -0.2) is 68.0 Å². The number of nitrogens with one attached hydrogen (secondary N) is 1. The summed E-state index contributed by atoms with van der Waals surface area (Å²) in [5.74, 6) is -0.159. The average Bonchev–Trinajstić information content (AvgIpc) is 2.83. The second-order valence-electron chi connectivity index (χ2n) is 4.69. The van der Waals surface area contributed by atoms with Gasteiger partial charge in [0, 0.05) is 11.9 Å². The van der Waals surface area contributed by atoms with Crippen molar-refractivity contribution >= 4 is 32.4 Å². The lowest BCUT2D eigenvalue weighted by Crippen LogP contribution is -2.51. The van der Waals surface area contributed by atoms with Gasteiger partial charge in [-0.2, -0.15) is 0 Å². The van der Waals surface area contributed by atoms with E-state index in [1.54, 1.807) is 10.3 Å². The van der Waals surface area contributed by atoms with Crippen LogP contribution >= 0.6 is 11.3 Å². The molecule has 2 rings (SSSR count). The van der Waals surface area contributed by atoms with Crippen LogP contribution in [0.2, 0.25) is 0 Å². The summed E-state index contributed by atoms with van der Waals surface area (Å²) in [5.41, 5.74) is 0.499. The summed E-state index contributed by atoms with van der Waals surface area (Å²) >= 11 is 1.13. The zero-order chi connectivity index (χ0) is 15.5. The fraction of sp³-hybridized carbons (Fsp3) is 0.636. The van der Waals surface area contributed by atoms with Crippen LogP contribution in [0.15, 0.2) is 5.38 Å². The molecule has 0 aromatic carbocycles. The monoisotopic (exact) mass is 335 g/mol. The van der Waals surface area contributed by atoms with Crippen molar-refractivity contribution in [3.63, 3.8) is 0 Å². The van der Waals surface area contributed by atoms with Crippen molar-refractivity contribution in [3.8, 4) is 0 Å². The van der Waals surface area contributed by atoms with Crippen molar-refractivity contribution in [1.82, 2.24) is 9.88 Å². The number of hydrogen-bond acceptors (Lipinski definition) is 7. The molecule has 0 radical (unpaired) electrons. The third-order valence-corrected chi connectivity index (χ3v) is 4.42. The Morgan fingerprint density at radius 3 is 3.10 bits per heavy atom. The first-order chi connectivity index (χ1) is 9.89. The van der Waals surface area contributed by atoms with E-state index in [-0.39, 0.29) is 30.1 Å². The molecule has 1 fully saturated rings. The third kappa shape index (κ3) is 4.63. The molecule has 1 aromatic heterocycles. The molecule has 0 spiro atoms. The number of amides is 1. The molecule has 1 saturated heterocycles. The smallest absolute Gasteiger partial charge is 0.231 e. The highest BCUT2D eigenvalue weighted by molar-refractivity contribution is 7.92. The standard InChI is InChI=1S/C11H17N3O5S2/c1-21(17,18)13-11-12-8(7-20-11)4-10(16)14-2-3-19-6-9(14)5-15/h7,9,15H,2-6H2,1H3,(H,12,13). The highest BCUT2D eigenvalue weighted by atomic mass is 32.2. The summed E-state index contributed by atoms with van der Waals surface area (Å²) in [7, 11) is -3.37. The summed E-state index contributed by atoms with van der Waals surface area (Å²) in [4.78, 5) is 17.9. The van der Waals surface area contributed by atoms with E-state index in [0.29, 0.717) is 25.5 Å². The van der Waals surface area contributed by atoms with Crippen molar-refractivity contribution in [2.45, 2.75) is 12.5 Å². The molecule has 0 bridgehead atoms. The number of ether oxygens (including phenoxy) is 1. The van der Waals surface area contributed by atoms with Gasteiger partial charge in [0.2, 0.25) is 15.9 Å². The maximum absolute atomic E-state index is 12.2. The summed E-state index contributed by atoms with van der Waals surface area (Å²) in [6.07, 6.45) is 1.11. The minimum Gasteiger partial charge on any atom is -0.394 e. The highest BCUT2D eigenvalue weighted by Gasteiger charge is 2.27. The lowest BCUT2D eigenvalue weighted by molar-refractivity contribution is -0.140. The third-order valence-electron chi connectivity index (χ3n) is 2.92. The van der Waals surface area contributed by atoms with Crippen LogP contribution in [0, 0.1) is 0 Å². The van der Waals surface area contributed by atoms with E-state index in [4.69, 9.17) is 4.74 Å². The molecular formula is C11H17N3O5S2. The number of rotatable bonds is 5. The van der Waals surface area contributed by atoms with Crippen LogP contribution in [0.4, 0.5) is 5.13 Å². The Morgan fingerprint density at radius 2 is 2.43 bits per heavy atom.